The molecule has 0 amide bonds. The van der Waals surface area contributed by atoms with Crippen molar-refractivity contribution in [2.75, 3.05) is 0 Å². The van der Waals surface area contributed by atoms with Gasteiger partial charge in [-0.2, -0.15) is 0 Å². The van der Waals surface area contributed by atoms with Crippen molar-refractivity contribution < 1.29 is 24.2 Å². The highest BCUT2D eigenvalue weighted by Crippen LogP contribution is 3.02. The molecule has 1 aromatic carbocycles. The van der Waals surface area contributed by atoms with Gasteiger partial charge in [-0.15, -0.1) is 0 Å². The Labute approximate surface area is 87.9 Å². The molecule has 16 heavy (non-hydrogen) atoms. The van der Waals surface area contributed by atoms with E-state index in [0.717, 1.165) is 6.07 Å². The van der Waals surface area contributed by atoms with E-state index in [1.165, 1.54) is 0 Å². The lowest BCUT2D eigenvalue weighted by Crippen LogP contribution is -2.07. The number of halogens is 5. The van der Waals surface area contributed by atoms with Gasteiger partial charge >= 0.3 is 10.2 Å². The Morgan fingerprint density at radius 2 is 1.81 bits per heavy atom. The zero-order chi connectivity index (χ0) is 11.8. The summed E-state index contributed by atoms with van der Waals surface area (Å²) >= 11 is 0. The predicted octanol–water partition coefficient (Wildman–Crippen LogP) is 4.34. The van der Waals surface area contributed by atoms with Gasteiger partial charge in [0.25, 0.3) is 0 Å². The highest BCUT2D eigenvalue weighted by Gasteiger charge is 2.65. The fourth-order valence-corrected chi connectivity index (χ4v) is 2.76. The second-order valence-electron chi connectivity index (χ2n) is 4.13. The molecule has 1 saturated heterocycles. The number of epoxide rings is 1. The van der Waals surface area contributed by atoms with E-state index in [2.05, 4.69) is 0 Å². The van der Waals surface area contributed by atoms with Crippen LogP contribution < -0.4 is 0 Å². The zero-order valence-corrected chi connectivity index (χ0v) is 8.62. The number of rotatable bonds is 1. The van der Waals surface area contributed by atoms with Gasteiger partial charge in [0.2, 0.25) is 0 Å². The smallest absolute Gasteiger partial charge is 0.310 e. The minimum Gasteiger partial charge on any atom is -0.364 e. The molecule has 0 radical (unpaired) electrons. The third-order valence-electron chi connectivity index (χ3n) is 2.87. The molecule has 0 spiro atoms. The first kappa shape index (κ1) is 10.3. The molecule has 7 heteroatoms. The Morgan fingerprint density at radius 1 is 1.12 bits per heavy atom. The Balaban J connectivity index is 2.13. The summed E-state index contributed by atoms with van der Waals surface area (Å²) in [6.45, 7) is 0. The van der Waals surface area contributed by atoms with Crippen LogP contribution in [0.5, 0.6) is 0 Å². The van der Waals surface area contributed by atoms with E-state index < -0.39 is 15.1 Å². The van der Waals surface area contributed by atoms with Crippen LogP contribution in [0, 0.1) is 0 Å². The van der Waals surface area contributed by atoms with Crippen LogP contribution >= 0.6 is 10.2 Å². The van der Waals surface area contributed by atoms with E-state index in [1.807, 2.05) is 0 Å². The highest BCUT2D eigenvalue weighted by molar-refractivity contribution is 8.45. The lowest BCUT2D eigenvalue weighted by atomic mass is 10.1. The van der Waals surface area contributed by atoms with Crippen LogP contribution in [0.2, 0.25) is 0 Å². The first-order chi connectivity index (χ1) is 7.04. The summed E-state index contributed by atoms with van der Waals surface area (Å²) in [6, 6.07) is 2.11. The number of fused-ring (bicyclic) bond motifs is 3. The lowest BCUT2D eigenvalue weighted by molar-refractivity contribution is 0.356. The molecule has 0 bridgehead atoms. The van der Waals surface area contributed by atoms with Gasteiger partial charge in [-0.05, 0) is 23.3 Å². The summed E-state index contributed by atoms with van der Waals surface area (Å²) in [5, 5.41) is 0. The van der Waals surface area contributed by atoms with Crippen LogP contribution in [0.25, 0.3) is 0 Å². The predicted molar refractivity (Wildman–Crippen MR) is 49.2 cm³/mol. The van der Waals surface area contributed by atoms with Crippen molar-refractivity contribution in [2.45, 2.75) is 23.5 Å². The quantitative estimate of drug-likeness (QED) is 0.539. The van der Waals surface area contributed by atoms with Crippen molar-refractivity contribution in [2.24, 2.45) is 0 Å². The van der Waals surface area contributed by atoms with Gasteiger partial charge < -0.3 is 4.74 Å². The molecule has 0 aromatic heterocycles. The number of benzene rings is 1. The van der Waals surface area contributed by atoms with Crippen LogP contribution in [0.1, 0.15) is 17.2 Å². The zero-order valence-electron chi connectivity index (χ0n) is 7.80. The summed E-state index contributed by atoms with van der Waals surface area (Å²) < 4.78 is 67.6. The number of ether oxygens (including phenoxy) is 1. The summed E-state index contributed by atoms with van der Waals surface area (Å²) in [5.41, 5.74) is 0.933. The molecule has 2 aliphatic rings. The summed E-state index contributed by atoms with van der Waals surface area (Å²) in [4.78, 5) is -1.81. The van der Waals surface area contributed by atoms with E-state index in [0.29, 0.717) is 29.7 Å². The van der Waals surface area contributed by atoms with Crippen molar-refractivity contribution in [1.82, 2.24) is 0 Å². The topological polar surface area (TPSA) is 12.5 Å². The van der Waals surface area contributed by atoms with Gasteiger partial charge in [0, 0.05) is 6.42 Å². The Kier molecular flexibility index (Phi) is 1.36. The lowest BCUT2D eigenvalue weighted by Gasteiger charge is -2.40. The Hall–Kier alpha value is -0.820. The normalized spacial score (nSPS) is 31.3. The van der Waals surface area contributed by atoms with Crippen LogP contribution in [-0.4, -0.2) is 6.10 Å². The second-order valence-corrected chi connectivity index (χ2v) is 6.54. The average molecular weight is 258 g/mol. The van der Waals surface area contributed by atoms with E-state index in [-0.39, 0.29) is 12.2 Å². The molecule has 0 saturated carbocycles. The van der Waals surface area contributed by atoms with Gasteiger partial charge in [0.1, 0.15) is 11.0 Å². The summed E-state index contributed by atoms with van der Waals surface area (Å²) in [7, 11) is -9.53. The van der Waals surface area contributed by atoms with Gasteiger partial charge in [-0.1, -0.05) is 25.5 Å². The SMILES string of the molecule is FS(F)(F)(F)(F)c1ccc2c(c1)CC1OC21. The van der Waals surface area contributed by atoms with Gasteiger partial charge in [-0.25, -0.2) is 0 Å². The minimum absolute atomic E-state index is 0.108. The minimum atomic E-state index is -9.53. The first-order valence-electron chi connectivity index (χ1n) is 4.57. The average Bonchev–Trinajstić information content (AvgIpc) is 2.74. The molecule has 2 unspecified atom stereocenters. The largest absolute Gasteiger partial charge is 0.364 e. The molecule has 1 aliphatic heterocycles. The van der Waals surface area contributed by atoms with Crippen molar-refractivity contribution in [1.29, 1.82) is 0 Å². The molecule has 1 fully saturated rings. The molecule has 1 aromatic rings. The van der Waals surface area contributed by atoms with E-state index in [4.69, 9.17) is 4.74 Å². The summed E-state index contributed by atoms with van der Waals surface area (Å²) in [6.07, 6.45) is 0.00754. The Bertz CT molecular complexity index is 494. The molecule has 2 atom stereocenters. The third-order valence-corrected chi connectivity index (χ3v) is 4.01. The molecule has 1 heterocycles. The maximum absolute atomic E-state index is 12.5. The van der Waals surface area contributed by atoms with Gasteiger partial charge in [0.05, 0.1) is 6.10 Å². The molecule has 1 aliphatic carbocycles. The fraction of sp³-hybridized carbons (Fsp3) is 0.333. The van der Waals surface area contributed by atoms with E-state index in [9.17, 15) is 19.4 Å². The van der Waals surface area contributed by atoms with Crippen LogP contribution in [0.15, 0.2) is 23.1 Å². The standard InChI is InChI=1S/C9H7F5OS/c10-16(11,12,13,14)6-1-2-7-5(3-6)4-8-9(7)15-8/h1-3,8-9H,4H2. The van der Waals surface area contributed by atoms with Crippen molar-refractivity contribution >= 4 is 10.2 Å². The number of hydrogen-bond donors (Lipinski definition) is 0. The Morgan fingerprint density at radius 3 is 2.44 bits per heavy atom. The van der Waals surface area contributed by atoms with Crippen molar-refractivity contribution in [3.63, 3.8) is 0 Å². The first-order valence-corrected chi connectivity index (χ1v) is 6.52. The molecular weight excluding hydrogens is 251 g/mol. The van der Waals surface area contributed by atoms with Crippen LogP contribution in [0.4, 0.5) is 19.4 Å². The number of hydrogen-bond acceptors (Lipinski definition) is 1. The van der Waals surface area contributed by atoms with Gasteiger partial charge in [-0.3, -0.25) is 0 Å². The maximum atomic E-state index is 12.5. The molecule has 0 N–H and O–H groups in total. The van der Waals surface area contributed by atoms with Crippen LogP contribution in [0.3, 0.4) is 0 Å². The fourth-order valence-electron chi connectivity index (χ4n) is 2.06. The monoisotopic (exact) mass is 258 g/mol. The maximum Gasteiger partial charge on any atom is 0.310 e. The van der Waals surface area contributed by atoms with Crippen LogP contribution in [-0.2, 0) is 11.2 Å². The van der Waals surface area contributed by atoms with Gasteiger partial charge in [0.15, 0.2) is 0 Å². The second kappa shape index (κ2) is 2.11. The van der Waals surface area contributed by atoms with Crippen molar-refractivity contribution in [3.8, 4) is 0 Å². The third kappa shape index (κ3) is 1.49. The highest BCUT2D eigenvalue weighted by atomic mass is 32.5. The molecular formula is C9H7F5OS. The molecule has 1 nitrogen and oxygen atoms in total. The van der Waals surface area contributed by atoms with E-state index in [1.54, 1.807) is 0 Å². The van der Waals surface area contributed by atoms with Crippen molar-refractivity contribution in [3.05, 3.63) is 29.3 Å². The summed E-state index contributed by atoms with van der Waals surface area (Å²) in [5.74, 6) is 0. The molecule has 3 rings (SSSR count). The van der Waals surface area contributed by atoms with E-state index >= 15 is 0 Å². The molecule has 90 valence electrons.